The summed E-state index contributed by atoms with van der Waals surface area (Å²) in [5.74, 6) is 0.151. The van der Waals surface area contributed by atoms with Crippen LogP contribution in [0.5, 0.6) is 0 Å². The average molecular weight is 507 g/mol. The van der Waals surface area contributed by atoms with Crippen LogP contribution in [0.2, 0.25) is 0 Å². The summed E-state index contributed by atoms with van der Waals surface area (Å²) in [6.45, 7) is 26.1. The third-order valence-electron chi connectivity index (χ3n) is 7.52. The summed E-state index contributed by atoms with van der Waals surface area (Å²) in [7, 11) is 0. The molecule has 0 bridgehead atoms. The van der Waals surface area contributed by atoms with Crippen molar-refractivity contribution >= 4 is 27.8 Å². The number of rotatable bonds is 12. The first-order valence-electron chi connectivity index (χ1n) is 13.8. The Labute approximate surface area is 224 Å². The van der Waals surface area contributed by atoms with Crippen molar-refractivity contribution in [2.75, 3.05) is 54.0 Å². The number of nitrogens with zero attached hydrogens (tertiary/aromatic N) is 4. The summed E-state index contributed by atoms with van der Waals surface area (Å²) in [5, 5.41) is 1.13. The summed E-state index contributed by atoms with van der Waals surface area (Å²) in [6, 6.07) is 14.0. The number of benzene rings is 2. The molecule has 5 heteroatoms. The molecule has 0 spiro atoms. The maximum Gasteiger partial charge on any atom is 0.185 e. The fourth-order valence-corrected chi connectivity index (χ4v) is 6.52. The second-order valence-corrected chi connectivity index (χ2v) is 10.5. The molecule has 0 fully saturated rings. The highest BCUT2D eigenvalue weighted by Crippen LogP contribution is 2.43. The van der Waals surface area contributed by atoms with Gasteiger partial charge in [0.05, 0.1) is 5.69 Å². The van der Waals surface area contributed by atoms with Crippen LogP contribution in [0.15, 0.2) is 36.4 Å². The van der Waals surface area contributed by atoms with Crippen LogP contribution in [-0.2, 0) is 0 Å². The fraction of sp³-hybridized carbons (Fsp3) is 0.516. The van der Waals surface area contributed by atoms with Gasteiger partial charge in [-0.2, -0.15) is 0 Å². The van der Waals surface area contributed by atoms with Crippen molar-refractivity contribution < 1.29 is 0 Å². The lowest BCUT2D eigenvalue weighted by molar-refractivity contribution is 0.852. The molecule has 3 aromatic rings. The first kappa shape index (κ1) is 28.0. The highest BCUT2D eigenvalue weighted by atomic mass is 32.1. The summed E-state index contributed by atoms with van der Waals surface area (Å²) >= 11 is 1.87. The lowest BCUT2D eigenvalue weighted by atomic mass is 9.84. The third kappa shape index (κ3) is 5.72. The Morgan fingerprint density at radius 3 is 1.44 bits per heavy atom. The number of hydrogen-bond acceptors (Lipinski definition) is 5. The lowest BCUT2D eigenvalue weighted by Crippen LogP contribution is -2.23. The highest BCUT2D eigenvalue weighted by molar-refractivity contribution is 7.15. The van der Waals surface area contributed by atoms with Crippen LogP contribution in [0.25, 0.3) is 0 Å². The van der Waals surface area contributed by atoms with E-state index >= 15 is 0 Å². The van der Waals surface area contributed by atoms with E-state index in [4.69, 9.17) is 4.98 Å². The van der Waals surface area contributed by atoms with Crippen LogP contribution in [0.1, 0.15) is 80.3 Å². The van der Waals surface area contributed by atoms with E-state index in [0.29, 0.717) is 0 Å². The molecule has 2 aromatic carbocycles. The first-order valence-corrected chi connectivity index (χ1v) is 14.6. The Hall–Kier alpha value is -2.53. The molecule has 0 aliphatic carbocycles. The van der Waals surface area contributed by atoms with E-state index in [0.717, 1.165) is 50.1 Å². The van der Waals surface area contributed by atoms with Crippen molar-refractivity contribution in [2.45, 2.75) is 68.2 Å². The molecule has 0 atom stereocenters. The largest absolute Gasteiger partial charge is 0.372 e. The van der Waals surface area contributed by atoms with Crippen LogP contribution in [-0.4, -0.2) is 44.3 Å². The van der Waals surface area contributed by atoms with Gasteiger partial charge in [0.25, 0.3) is 0 Å². The van der Waals surface area contributed by atoms with Crippen LogP contribution in [0.3, 0.4) is 0 Å². The Morgan fingerprint density at radius 2 is 1.06 bits per heavy atom. The summed E-state index contributed by atoms with van der Waals surface area (Å²) in [5.41, 5.74) is 9.19. The van der Waals surface area contributed by atoms with Gasteiger partial charge in [-0.25, -0.2) is 4.98 Å². The SMILES string of the molecule is CCN(CC)c1ccc(C)c(C(c2cc(N(CC)CC)ccc2C)c2sc(N(CC)CC)nc2C)c1. The molecule has 0 saturated carbocycles. The van der Waals surface area contributed by atoms with Gasteiger partial charge in [-0.05, 0) is 109 Å². The number of aryl methyl sites for hydroxylation is 3. The molecule has 0 aliphatic heterocycles. The molecule has 0 N–H and O–H groups in total. The zero-order valence-electron chi connectivity index (χ0n) is 24.0. The minimum absolute atomic E-state index is 0.151. The molecule has 0 radical (unpaired) electrons. The van der Waals surface area contributed by atoms with E-state index in [9.17, 15) is 0 Å². The molecular weight excluding hydrogens is 460 g/mol. The summed E-state index contributed by atoms with van der Waals surface area (Å²) < 4.78 is 0. The monoisotopic (exact) mass is 506 g/mol. The molecule has 196 valence electrons. The van der Waals surface area contributed by atoms with Gasteiger partial charge in [0.15, 0.2) is 5.13 Å². The predicted molar refractivity (Wildman–Crippen MR) is 161 cm³/mol. The zero-order valence-corrected chi connectivity index (χ0v) is 24.8. The Bertz CT molecular complexity index is 1060. The second kappa shape index (κ2) is 12.6. The number of aromatic nitrogens is 1. The smallest absolute Gasteiger partial charge is 0.185 e. The maximum atomic E-state index is 5.09. The zero-order chi connectivity index (χ0) is 26.4. The van der Waals surface area contributed by atoms with Crippen molar-refractivity contribution in [1.29, 1.82) is 0 Å². The Kier molecular flexibility index (Phi) is 9.84. The van der Waals surface area contributed by atoms with E-state index in [1.807, 2.05) is 11.3 Å². The van der Waals surface area contributed by atoms with Crippen LogP contribution >= 0.6 is 11.3 Å². The van der Waals surface area contributed by atoms with Crippen LogP contribution in [0, 0.1) is 20.8 Å². The molecule has 1 heterocycles. The number of hydrogen-bond donors (Lipinski definition) is 0. The molecule has 0 aliphatic rings. The van der Waals surface area contributed by atoms with Crippen LogP contribution < -0.4 is 14.7 Å². The van der Waals surface area contributed by atoms with Gasteiger partial charge >= 0.3 is 0 Å². The van der Waals surface area contributed by atoms with Crippen molar-refractivity contribution in [3.05, 3.63) is 69.2 Å². The minimum atomic E-state index is 0.151. The van der Waals surface area contributed by atoms with Gasteiger partial charge < -0.3 is 14.7 Å². The van der Waals surface area contributed by atoms with Crippen molar-refractivity contribution in [3.63, 3.8) is 0 Å². The Balaban J connectivity index is 2.30. The number of anilines is 3. The molecule has 36 heavy (non-hydrogen) atoms. The quantitative estimate of drug-likeness (QED) is 0.250. The van der Waals surface area contributed by atoms with Gasteiger partial charge in [0.1, 0.15) is 0 Å². The average Bonchev–Trinajstić information content (AvgIpc) is 3.25. The van der Waals surface area contributed by atoms with Gasteiger partial charge in [-0.1, -0.05) is 12.1 Å². The molecule has 4 nitrogen and oxygen atoms in total. The first-order chi connectivity index (χ1) is 17.3. The standard InChI is InChI=1S/C31H46N4S/c1-10-33(11-2)25-18-16-22(7)27(20-25)29(30-24(9)32-31(36-30)35(14-5)15-6)28-21-26(19-17-23(28)8)34(12-3)13-4/h16-21,29H,10-15H2,1-9H3. The topological polar surface area (TPSA) is 22.6 Å². The fourth-order valence-electron chi connectivity index (χ4n) is 5.19. The van der Waals surface area contributed by atoms with E-state index in [1.54, 1.807) is 0 Å². The Morgan fingerprint density at radius 1 is 0.639 bits per heavy atom. The van der Waals surface area contributed by atoms with Crippen molar-refractivity contribution in [3.8, 4) is 0 Å². The van der Waals surface area contributed by atoms with Crippen molar-refractivity contribution in [1.82, 2.24) is 4.98 Å². The molecule has 3 rings (SSSR count). The molecule has 0 saturated heterocycles. The van der Waals surface area contributed by atoms with Gasteiger partial charge in [-0.3, -0.25) is 0 Å². The van der Waals surface area contributed by atoms with Gasteiger partial charge in [0.2, 0.25) is 0 Å². The normalized spacial score (nSPS) is 11.3. The van der Waals surface area contributed by atoms with Crippen molar-refractivity contribution in [2.24, 2.45) is 0 Å². The van der Waals surface area contributed by atoms with Gasteiger partial charge in [0, 0.05) is 61.4 Å². The van der Waals surface area contributed by atoms with E-state index < -0.39 is 0 Å². The maximum absolute atomic E-state index is 5.09. The second-order valence-electron chi connectivity index (χ2n) is 9.48. The van der Waals surface area contributed by atoms with E-state index in [1.165, 1.54) is 38.5 Å². The third-order valence-corrected chi connectivity index (χ3v) is 8.81. The molecule has 0 unspecified atom stereocenters. The molecule has 1 aromatic heterocycles. The van der Waals surface area contributed by atoms with Crippen LogP contribution in [0.4, 0.5) is 16.5 Å². The minimum Gasteiger partial charge on any atom is -0.372 e. The van der Waals surface area contributed by atoms with Gasteiger partial charge in [-0.15, -0.1) is 11.3 Å². The summed E-state index contributed by atoms with van der Waals surface area (Å²) in [4.78, 5) is 13.7. The summed E-state index contributed by atoms with van der Waals surface area (Å²) in [6.07, 6.45) is 0. The predicted octanol–water partition coefficient (Wildman–Crippen LogP) is 7.79. The highest BCUT2D eigenvalue weighted by Gasteiger charge is 2.27. The molecular formula is C31H46N4S. The molecule has 0 amide bonds. The number of thiazole rings is 1. The lowest BCUT2D eigenvalue weighted by Gasteiger charge is -2.28. The van der Waals surface area contributed by atoms with E-state index in [2.05, 4.69) is 113 Å². The van der Waals surface area contributed by atoms with E-state index in [-0.39, 0.29) is 5.92 Å².